The summed E-state index contributed by atoms with van der Waals surface area (Å²) in [6.45, 7) is 0.907. The molecule has 2 aliphatic rings. The highest BCUT2D eigenvalue weighted by atomic mass is 35.5. The Morgan fingerprint density at radius 1 is 1.18 bits per heavy atom. The number of nitrogens with one attached hydrogen (secondary N) is 1. The van der Waals surface area contributed by atoms with Crippen molar-refractivity contribution in [3.05, 3.63) is 52.9 Å². The van der Waals surface area contributed by atoms with Gasteiger partial charge in [0.05, 0.1) is 5.02 Å². The van der Waals surface area contributed by atoms with E-state index < -0.39 is 11.8 Å². The van der Waals surface area contributed by atoms with E-state index >= 15 is 0 Å². The van der Waals surface area contributed by atoms with Crippen LogP contribution in [0.1, 0.15) is 43.0 Å². The maximum atomic E-state index is 13.1. The molecule has 1 unspecified atom stereocenters. The molecule has 4 rings (SSSR count). The molecule has 2 aliphatic heterocycles. The molecule has 1 N–H and O–H groups in total. The van der Waals surface area contributed by atoms with Gasteiger partial charge in [0.25, 0.3) is 11.8 Å². The zero-order valence-electron chi connectivity index (χ0n) is 17.9. The summed E-state index contributed by atoms with van der Waals surface area (Å²) in [5.74, 6) is -1.25. The Morgan fingerprint density at radius 3 is 2.48 bits per heavy atom. The van der Waals surface area contributed by atoms with Gasteiger partial charge in [0, 0.05) is 38.0 Å². The van der Waals surface area contributed by atoms with Crippen LogP contribution in [-0.2, 0) is 9.59 Å². The first-order chi connectivity index (χ1) is 15.8. The van der Waals surface area contributed by atoms with Crippen LogP contribution in [0.5, 0.6) is 11.6 Å². The van der Waals surface area contributed by atoms with Crippen molar-refractivity contribution >= 4 is 29.3 Å². The van der Waals surface area contributed by atoms with Crippen LogP contribution >= 0.6 is 11.6 Å². The summed E-state index contributed by atoms with van der Waals surface area (Å²) in [4.78, 5) is 42.3. The largest absolute Gasteiger partial charge is 0.490 e. The summed E-state index contributed by atoms with van der Waals surface area (Å²) < 4.78 is 24.7. The number of aromatic nitrogens is 1. The molecule has 10 heteroatoms. The van der Waals surface area contributed by atoms with Crippen molar-refractivity contribution < 1.29 is 28.2 Å². The molecule has 2 saturated heterocycles. The predicted molar refractivity (Wildman–Crippen MR) is 117 cm³/mol. The number of amides is 3. The Morgan fingerprint density at radius 2 is 1.85 bits per heavy atom. The van der Waals surface area contributed by atoms with Crippen molar-refractivity contribution in [1.82, 2.24) is 15.2 Å². The number of carbonyl (C=O) groups is 3. The Balaban J connectivity index is 1.38. The summed E-state index contributed by atoms with van der Waals surface area (Å²) in [7, 11) is 0. The number of carbonyl (C=O) groups excluding carboxylic acids is 3. The monoisotopic (exact) mass is 475 g/mol. The van der Waals surface area contributed by atoms with Crippen molar-refractivity contribution in [3.63, 3.8) is 0 Å². The molecule has 8 nitrogen and oxygen atoms in total. The molecular weight excluding hydrogens is 453 g/mol. The van der Waals surface area contributed by atoms with Crippen LogP contribution in [0.4, 0.5) is 4.39 Å². The Kier molecular flexibility index (Phi) is 6.78. The maximum Gasteiger partial charge on any atom is 0.263 e. The van der Waals surface area contributed by atoms with E-state index in [0.29, 0.717) is 18.6 Å². The topological polar surface area (TPSA) is 97.8 Å². The highest BCUT2D eigenvalue weighted by Crippen LogP contribution is 2.37. The van der Waals surface area contributed by atoms with Crippen molar-refractivity contribution in [3.8, 4) is 11.6 Å². The lowest BCUT2D eigenvalue weighted by Gasteiger charge is -2.38. The van der Waals surface area contributed by atoms with Crippen molar-refractivity contribution in [2.24, 2.45) is 0 Å². The van der Waals surface area contributed by atoms with Gasteiger partial charge in [-0.1, -0.05) is 11.6 Å². The Hall–Kier alpha value is -3.20. The minimum atomic E-state index is -0.709. The van der Waals surface area contributed by atoms with Gasteiger partial charge in [-0.15, -0.1) is 0 Å². The summed E-state index contributed by atoms with van der Waals surface area (Å²) in [6, 6.07) is 7.27. The Bertz CT molecular complexity index is 1050. The lowest BCUT2D eigenvalue weighted by Crippen LogP contribution is -2.50. The average Bonchev–Trinajstić information content (AvgIpc) is 3.04. The van der Waals surface area contributed by atoms with Gasteiger partial charge in [0.1, 0.15) is 23.2 Å². The number of hydrogen-bond acceptors (Lipinski definition) is 6. The van der Waals surface area contributed by atoms with Crippen LogP contribution in [0.25, 0.3) is 0 Å². The third-order valence-corrected chi connectivity index (χ3v) is 5.99. The highest BCUT2D eigenvalue weighted by Gasteiger charge is 2.44. The molecule has 2 bridgehead atoms. The molecule has 3 heterocycles. The fourth-order valence-corrected chi connectivity index (χ4v) is 4.63. The fraction of sp³-hybridized carbons (Fsp3) is 0.391. The number of rotatable bonds is 6. The molecule has 2 fully saturated rings. The summed E-state index contributed by atoms with van der Waals surface area (Å²) in [5.41, 5.74) is -0.0279. The lowest BCUT2D eigenvalue weighted by molar-refractivity contribution is -0.139. The minimum Gasteiger partial charge on any atom is -0.490 e. The van der Waals surface area contributed by atoms with E-state index in [1.54, 1.807) is 12.1 Å². The van der Waals surface area contributed by atoms with Crippen LogP contribution in [0.15, 0.2) is 36.5 Å². The second-order valence-corrected chi connectivity index (χ2v) is 8.59. The van der Waals surface area contributed by atoms with Gasteiger partial charge in [0.2, 0.25) is 11.8 Å². The number of piperidine rings is 1. The van der Waals surface area contributed by atoms with Crippen LogP contribution < -0.4 is 14.8 Å². The molecule has 1 aromatic heterocycles. The summed E-state index contributed by atoms with van der Waals surface area (Å²) in [5, 5.41) is 2.34. The van der Waals surface area contributed by atoms with Gasteiger partial charge in [0.15, 0.2) is 6.61 Å². The predicted octanol–water partition coefficient (Wildman–Crippen LogP) is 3.13. The first-order valence-electron chi connectivity index (χ1n) is 10.6. The molecule has 174 valence electrons. The molecule has 0 aliphatic carbocycles. The van der Waals surface area contributed by atoms with E-state index in [-0.39, 0.29) is 53.0 Å². The Labute approximate surface area is 195 Å². The number of pyridine rings is 1. The van der Waals surface area contributed by atoms with Crippen LogP contribution in [0.2, 0.25) is 5.02 Å². The van der Waals surface area contributed by atoms with Crippen LogP contribution in [-0.4, -0.2) is 52.4 Å². The first-order valence-corrected chi connectivity index (χ1v) is 11.0. The molecule has 2 aromatic rings. The zero-order valence-corrected chi connectivity index (χ0v) is 18.7. The van der Waals surface area contributed by atoms with Crippen molar-refractivity contribution in [2.75, 3.05) is 6.61 Å². The van der Waals surface area contributed by atoms with Gasteiger partial charge in [-0.05, 0) is 43.2 Å². The van der Waals surface area contributed by atoms with Crippen LogP contribution in [0, 0.1) is 5.82 Å². The third-order valence-electron chi connectivity index (χ3n) is 5.78. The minimum absolute atomic E-state index is 0.0176. The molecule has 0 saturated carbocycles. The third kappa shape index (κ3) is 5.42. The molecule has 3 atom stereocenters. The number of fused-ring (bicyclic) bond motifs is 2. The van der Waals surface area contributed by atoms with Gasteiger partial charge in [-0.2, -0.15) is 0 Å². The maximum absolute atomic E-state index is 13.1. The second kappa shape index (κ2) is 9.74. The summed E-state index contributed by atoms with van der Waals surface area (Å²) >= 11 is 5.92. The number of halogens is 2. The quantitative estimate of drug-likeness (QED) is 0.689. The summed E-state index contributed by atoms with van der Waals surface area (Å²) in [6.07, 6.45) is 4.32. The molecular formula is C23H23ClFN3O5. The van der Waals surface area contributed by atoms with Crippen molar-refractivity contribution in [1.29, 1.82) is 0 Å². The highest BCUT2D eigenvalue weighted by molar-refractivity contribution is 6.31. The SMILES string of the molecule is CC(=O)NC(=O)c1cc(Cl)cnc1OCC(=O)N1[C@@H]2CC[C@H]1CC(Oc1ccc(F)cc1)C2. The fourth-order valence-electron chi connectivity index (χ4n) is 4.47. The number of imide groups is 1. The van der Waals surface area contributed by atoms with E-state index in [4.69, 9.17) is 21.1 Å². The first kappa shape index (κ1) is 23.0. The number of nitrogens with zero attached hydrogens (tertiary/aromatic N) is 2. The van der Waals surface area contributed by atoms with Crippen molar-refractivity contribution in [2.45, 2.75) is 50.8 Å². The van der Waals surface area contributed by atoms with Gasteiger partial charge in [-0.3, -0.25) is 19.7 Å². The van der Waals surface area contributed by atoms with Gasteiger partial charge < -0.3 is 14.4 Å². The number of benzene rings is 1. The van der Waals surface area contributed by atoms with Gasteiger partial charge >= 0.3 is 0 Å². The number of hydrogen-bond donors (Lipinski definition) is 1. The number of ether oxygens (including phenoxy) is 2. The molecule has 0 spiro atoms. The molecule has 1 aromatic carbocycles. The second-order valence-electron chi connectivity index (χ2n) is 8.16. The standard InChI is InChI=1S/C23H23ClFN3O5/c1-13(29)27-22(31)20-8-14(24)11-26-23(20)32-12-21(30)28-16-4-5-17(28)10-19(9-16)33-18-6-2-15(25)3-7-18/h2-3,6-8,11,16-17,19H,4-5,9-10,12H2,1H3,(H,27,29,31)/t16-,17+,19?. The van der Waals surface area contributed by atoms with E-state index in [1.165, 1.54) is 31.3 Å². The van der Waals surface area contributed by atoms with Crippen LogP contribution in [0.3, 0.4) is 0 Å². The molecule has 0 radical (unpaired) electrons. The molecule has 3 amide bonds. The van der Waals surface area contributed by atoms with E-state index in [0.717, 1.165) is 12.8 Å². The zero-order chi connectivity index (χ0) is 23.5. The normalized spacial score (nSPS) is 21.4. The van der Waals surface area contributed by atoms with E-state index in [1.807, 2.05) is 4.90 Å². The van der Waals surface area contributed by atoms with E-state index in [2.05, 4.69) is 10.3 Å². The smallest absolute Gasteiger partial charge is 0.263 e. The average molecular weight is 476 g/mol. The molecule has 33 heavy (non-hydrogen) atoms. The lowest BCUT2D eigenvalue weighted by atomic mass is 9.99. The van der Waals surface area contributed by atoms with Gasteiger partial charge in [-0.25, -0.2) is 9.37 Å². The van der Waals surface area contributed by atoms with E-state index in [9.17, 15) is 18.8 Å².